The monoisotopic (exact) mass is 233 g/mol. The van der Waals surface area contributed by atoms with Gasteiger partial charge in [-0.05, 0) is 31.5 Å². The van der Waals surface area contributed by atoms with Crippen LogP contribution in [-0.2, 0) is 19.5 Å². The molecule has 0 amide bonds. The SMILES string of the molecule is CCCn1ncnc1Cn1cccc1CCN. The van der Waals surface area contributed by atoms with Crippen molar-refractivity contribution in [3.05, 3.63) is 36.2 Å². The number of nitrogens with zero attached hydrogens (tertiary/aromatic N) is 4. The van der Waals surface area contributed by atoms with Crippen molar-refractivity contribution in [1.29, 1.82) is 0 Å². The Labute approximate surface area is 101 Å². The maximum absolute atomic E-state index is 5.59. The Kier molecular flexibility index (Phi) is 3.93. The lowest BCUT2D eigenvalue weighted by Crippen LogP contribution is -2.13. The maximum atomic E-state index is 5.59. The highest BCUT2D eigenvalue weighted by molar-refractivity contribution is 5.09. The van der Waals surface area contributed by atoms with Gasteiger partial charge in [-0.2, -0.15) is 5.10 Å². The van der Waals surface area contributed by atoms with E-state index in [0.29, 0.717) is 6.54 Å². The zero-order chi connectivity index (χ0) is 12.1. The molecule has 2 rings (SSSR count). The minimum absolute atomic E-state index is 0.672. The van der Waals surface area contributed by atoms with Crippen molar-refractivity contribution < 1.29 is 0 Å². The van der Waals surface area contributed by atoms with Crippen molar-refractivity contribution in [3.8, 4) is 0 Å². The topological polar surface area (TPSA) is 61.7 Å². The van der Waals surface area contributed by atoms with Crippen LogP contribution in [0.3, 0.4) is 0 Å². The quantitative estimate of drug-likeness (QED) is 0.811. The van der Waals surface area contributed by atoms with Crippen LogP contribution in [0.4, 0.5) is 0 Å². The summed E-state index contributed by atoms with van der Waals surface area (Å²) in [5.41, 5.74) is 6.84. The van der Waals surface area contributed by atoms with Crippen LogP contribution in [0.25, 0.3) is 0 Å². The average molecular weight is 233 g/mol. The average Bonchev–Trinajstić information content (AvgIpc) is 2.92. The molecule has 5 heteroatoms. The zero-order valence-corrected chi connectivity index (χ0v) is 10.2. The Morgan fingerprint density at radius 2 is 2.29 bits per heavy atom. The van der Waals surface area contributed by atoms with Crippen LogP contribution in [0.15, 0.2) is 24.7 Å². The van der Waals surface area contributed by atoms with Crippen molar-refractivity contribution in [2.24, 2.45) is 5.73 Å². The highest BCUT2D eigenvalue weighted by Crippen LogP contribution is 2.06. The first-order chi connectivity index (χ1) is 8.35. The molecule has 2 aromatic heterocycles. The summed E-state index contributed by atoms with van der Waals surface area (Å²) in [6.07, 6.45) is 5.65. The molecule has 0 atom stereocenters. The normalized spacial score (nSPS) is 10.9. The molecule has 2 N–H and O–H groups in total. The van der Waals surface area contributed by atoms with Gasteiger partial charge in [0.15, 0.2) is 0 Å². The lowest BCUT2D eigenvalue weighted by molar-refractivity contribution is 0.550. The van der Waals surface area contributed by atoms with Crippen molar-refractivity contribution in [1.82, 2.24) is 19.3 Å². The summed E-state index contributed by atoms with van der Waals surface area (Å²) in [5.74, 6) is 1.00. The van der Waals surface area contributed by atoms with Crippen LogP contribution < -0.4 is 5.73 Å². The molecule has 0 aliphatic carbocycles. The van der Waals surface area contributed by atoms with Crippen molar-refractivity contribution >= 4 is 0 Å². The summed E-state index contributed by atoms with van der Waals surface area (Å²) in [5, 5.41) is 4.23. The summed E-state index contributed by atoms with van der Waals surface area (Å²) in [7, 11) is 0. The van der Waals surface area contributed by atoms with Crippen molar-refractivity contribution in [2.45, 2.75) is 32.9 Å². The largest absolute Gasteiger partial charge is 0.344 e. The smallest absolute Gasteiger partial charge is 0.146 e. The van der Waals surface area contributed by atoms with Crippen LogP contribution in [0.1, 0.15) is 24.9 Å². The fourth-order valence-corrected chi connectivity index (χ4v) is 1.94. The summed E-state index contributed by atoms with van der Waals surface area (Å²) in [4.78, 5) is 4.31. The Morgan fingerprint density at radius 1 is 1.41 bits per heavy atom. The van der Waals surface area contributed by atoms with E-state index in [1.54, 1.807) is 6.33 Å². The van der Waals surface area contributed by atoms with E-state index in [1.165, 1.54) is 5.69 Å². The molecule has 92 valence electrons. The van der Waals surface area contributed by atoms with Crippen LogP contribution in [0.5, 0.6) is 0 Å². The number of hydrogen-bond donors (Lipinski definition) is 1. The van der Waals surface area contributed by atoms with Crippen LogP contribution in [0.2, 0.25) is 0 Å². The summed E-state index contributed by atoms with van der Waals surface area (Å²) < 4.78 is 4.15. The molecule has 0 saturated carbocycles. The van der Waals surface area contributed by atoms with E-state index in [0.717, 1.165) is 31.8 Å². The molecule has 5 nitrogen and oxygen atoms in total. The molecule has 0 bridgehead atoms. The molecule has 0 aliphatic rings. The molecular weight excluding hydrogens is 214 g/mol. The second-order valence-electron chi connectivity index (χ2n) is 4.07. The molecule has 0 saturated heterocycles. The van der Waals surface area contributed by atoms with E-state index in [-0.39, 0.29) is 0 Å². The predicted octanol–water partition coefficient (Wildman–Crippen LogP) is 1.04. The third-order valence-corrected chi connectivity index (χ3v) is 2.77. The highest BCUT2D eigenvalue weighted by Gasteiger charge is 2.06. The lowest BCUT2D eigenvalue weighted by atomic mass is 10.3. The first kappa shape index (κ1) is 11.9. The molecule has 0 unspecified atom stereocenters. The molecular formula is C12H19N5. The van der Waals surface area contributed by atoms with Crippen molar-refractivity contribution in [3.63, 3.8) is 0 Å². The molecule has 2 heterocycles. The fourth-order valence-electron chi connectivity index (χ4n) is 1.94. The second kappa shape index (κ2) is 5.63. The Bertz CT molecular complexity index is 415. The molecule has 0 aromatic carbocycles. The Hall–Kier alpha value is -1.62. The van der Waals surface area contributed by atoms with Crippen LogP contribution >= 0.6 is 0 Å². The third-order valence-electron chi connectivity index (χ3n) is 2.77. The number of hydrogen-bond acceptors (Lipinski definition) is 3. The van der Waals surface area contributed by atoms with Gasteiger partial charge >= 0.3 is 0 Å². The van der Waals surface area contributed by atoms with Gasteiger partial charge in [0.25, 0.3) is 0 Å². The van der Waals surface area contributed by atoms with Crippen molar-refractivity contribution in [2.75, 3.05) is 6.54 Å². The van der Waals surface area contributed by atoms with Gasteiger partial charge in [-0.1, -0.05) is 6.92 Å². The van der Waals surface area contributed by atoms with E-state index in [2.05, 4.69) is 33.8 Å². The summed E-state index contributed by atoms with van der Waals surface area (Å²) >= 11 is 0. The van der Waals surface area contributed by atoms with E-state index in [4.69, 9.17) is 5.73 Å². The molecule has 2 aromatic rings. The number of rotatable bonds is 6. The Balaban J connectivity index is 2.13. The predicted molar refractivity (Wildman–Crippen MR) is 66.6 cm³/mol. The van der Waals surface area contributed by atoms with Gasteiger partial charge < -0.3 is 10.3 Å². The van der Waals surface area contributed by atoms with Gasteiger partial charge in [0.1, 0.15) is 12.2 Å². The number of nitrogens with two attached hydrogens (primary N) is 1. The molecule has 0 aliphatic heterocycles. The van der Waals surface area contributed by atoms with E-state index in [1.807, 2.05) is 10.7 Å². The fraction of sp³-hybridized carbons (Fsp3) is 0.500. The van der Waals surface area contributed by atoms with Gasteiger partial charge in [0, 0.05) is 18.4 Å². The third kappa shape index (κ3) is 2.74. The summed E-state index contributed by atoms with van der Waals surface area (Å²) in [6.45, 7) is 4.50. The number of aromatic nitrogens is 4. The summed E-state index contributed by atoms with van der Waals surface area (Å²) in [6, 6.07) is 4.15. The van der Waals surface area contributed by atoms with E-state index in [9.17, 15) is 0 Å². The first-order valence-corrected chi connectivity index (χ1v) is 6.06. The Morgan fingerprint density at radius 3 is 3.06 bits per heavy atom. The first-order valence-electron chi connectivity index (χ1n) is 6.06. The van der Waals surface area contributed by atoms with Gasteiger partial charge in [-0.15, -0.1) is 0 Å². The molecule has 0 fully saturated rings. The maximum Gasteiger partial charge on any atom is 0.146 e. The molecule has 0 radical (unpaired) electrons. The zero-order valence-electron chi connectivity index (χ0n) is 10.2. The molecule has 0 spiro atoms. The molecule has 17 heavy (non-hydrogen) atoms. The number of aryl methyl sites for hydroxylation is 1. The van der Waals surface area contributed by atoms with E-state index < -0.39 is 0 Å². The standard InChI is InChI=1S/C12H19N5/c1-2-7-17-12(14-10-15-17)9-16-8-3-4-11(16)5-6-13/h3-4,8,10H,2,5-7,9,13H2,1H3. The minimum Gasteiger partial charge on any atom is -0.344 e. The van der Waals surface area contributed by atoms with Gasteiger partial charge in [0.2, 0.25) is 0 Å². The van der Waals surface area contributed by atoms with Gasteiger partial charge in [0.05, 0.1) is 6.54 Å². The van der Waals surface area contributed by atoms with Gasteiger partial charge in [-0.25, -0.2) is 9.67 Å². The highest BCUT2D eigenvalue weighted by atomic mass is 15.3. The van der Waals surface area contributed by atoms with Crippen LogP contribution in [0, 0.1) is 0 Å². The van der Waals surface area contributed by atoms with E-state index >= 15 is 0 Å². The minimum atomic E-state index is 0.672. The van der Waals surface area contributed by atoms with Crippen LogP contribution in [-0.4, -0.2) is 25.9 Å². The lowest BCUT2D eigenvalue weighted by Gasteiger charge is -2.09. The second-order valence-corrected chi connectivity index (χ2v) is 4.07. The van der Waals surface area contributed by atoms with Gasteiger partial charge in [-0.3, -0.25) is 0 Å².